The molecule has 6 nitrogen and oxygen atoms in total. The Morgan fingerprint density at radius 3 is 2.26 bits per heavy atom. The lowest BCUT2D eigenvalue weighted by atomic mass is 9.85. The fourth-order valence-electron chi connectivity index (χ4n) is 2.97. The number of carboxylic acids is 1. The third-order valence-electron chi connectivity index (χ3n) is 4.30. The second-order valence-electron chi connectivity index (χ2n) is 6.10. The summed E-state index contributed by atoms with van der Waals surface area (Å²) in [5, 5.41) is 17.9. The summed E-state index contributed by atoms with van der Waals surface area (Å²) < 4.78 is 19.1. The van der Waals surface area contributed by atoms with Crippen LogP contribution in [0.2, 0.25) is 0 Å². The summed E-state index contributed by atoms with van der Waals surface area (Å²) in [7, 11) is 0. The molecule has 2 rings (SSSR count). The molecule has 0 unspecified atom stereocenters. The SMILES string of the molecule is CCO[C@H](CC(=O)NO)[C@H](Cc1ccc(C(=O)O)cc1)c1ccc(F)cc1. The van der Waals surface area contributed by atoms with E-state index in [-0.39, 0.29) is 23.7 Å². The largest absolute Gasteiger partial charge is 0.478 e. The predicted octanol–water partition coefficient (Wildman–Crippen LogP) is 3.15. The van der Waals surface area contributed by atoms with Gasteiger partial charge in [0.25, 0.3) is 0 Å². The van der Waals surface area contributed by atoms with Crippen molar-refractivity contribution in [3.8, 4) is 0 Å². The van der Waals surface area contributed by atoms with E-state index in [1.165, 1.54) is 24.3 Å². The number of carbonyl (C=O) groups is 2. The fourth-order valence-corrected chi connectivity index (χ4v) is 2.97. The molecule has 0 aliphatic heterocycles. The number of aromatic carboxylic acids is 1. The van der Waals surface area contributed by atoms with Gasteiger partial charge >= 0.3 is 5.97 Å². The summed E-state index contributed by atoms with van der Waals surface area (Å²) in [4.78, 5) is 22.7. The molecular formula is C20H22FNO5. The van der Waals surface area contributed by atoms with Crippen LogP contribution in [-0.2, 0) is 16.0 Å². The fraction of sp³-hybridized carbons (Fsp3) is 0.300. The van der Waals surface area contributed by atoms with E-state index < -0.39 is 18.0 Å². The van der Waals surface area contributed by atoms with Gasteiger partial charge in [0.1, 0.15) is 5.82 Å². The number of carboxylic acid groups (broad SMARTS) is 1. The first kappa shape index (κ1) is 20.5. The van der Waals surface area contributed by atoms with Crippen molar-refractivity contribution < 1.29 is 29.0 Å². The summed E-state index contributed by atoms with van der Waals surface area (Å²) in [5.41, 5.74) is 3.42. The Hall–Kier alpha value is -2.77. The number of hydroxylamine groups is 1. The van der Waals surface area contributed by atoms with E-state index in [0.717, 1.165) is 11.1 Å². The van der Waals surface area contributed by atoms with Crippen LogP contribution in [0.3, 0.4) is 0 Å². The van der Waals surface area contributed by atoms with E-state index in [1.807, 2.05) is 0 Å². The van der Waals surface area contributed by atoms with Gasteiger partial charge in [-0.3, -0.25) is 10.0 Å². The van der Waals surface area contributed by atoms with E-state index in [9.17, 15) is 14.0 Å². The minimum Gasteiger partial charge on any atom is -0.478 e. The Kier molecular flexibility index (Phi) is 7.45. The van der Waals surface area contributed by atoms with Crippen molar-refractivity contribution in [2.24, 2.45) is 0 Å². The summed E-state index contributed by atoms with van der Waals surface area (Å²) in [6.45, 7) is 2.16. The molecule has 0 saturated heterocycles. The van der Waals surface area contributed by atoms with Gasteiger partial charge in [0.05, 0.1) is 18.1 Å². The Morgan fingerprint density at radius 2 is 1.74 bits per heavy atom. The topological polar surface area (TPSA) is 95.9 Å². The summed E-state index contributed by atoms with van der Waals surface area (Å²) >= 11 is 0. The highest BCUT2D eigenvalue weighted by atomic mass is 19.1. The van der Waals surface area contributed by atoms with Gasteiger partial charge < -0.3 is 9.84 Å². The molecule has 0 bridgehead atoms. The Morgan fingerprint density at radius 1 is 1.11 bits per heavy atom. The van der Waals surface area contributed by atoms with Crippen molar-refractivity contribution in [2.75, 3.05) is 6.61 Å². The van der Waals surface area contributed by atoms with Gasteiger partial charge in [-0.15, -0.1) is 0 Å². The molecule has 0 saturated carbocycles. The Balaban J connectivity index is 2.33. The van der Waals surface area contributed by atoms with Crippen molar-refractivity contribution in [2.45, 2.75) is 31.8 Å². The van der Waals surface area contributed by atoms with E-state index in [4.69, 9.17) is 15.1 Å². The summed E-state index contributed by atoms with van der Waals surface area (Å²) in [6.07, 6.45) is -0.166. The van der Waals surface area contributed by atoms with Crippen LogP contribution in [0.25, 0.3) is 0 Å². The third-order valence-corrected chi connectivity index (χ3v) is 4.30. The van der Waals surface area contributed by atoms with E-state index in [1.54, 1.807) is 36.7 Å². The van der Waals surface area contributed by atoms with Gasteiger partial charge in [0, 0.05) is 12.5 Å². The molecule has 144 valence electrons. The number of rotatable bonds is 9. The number of benzene rings is 2. The highest BCUT2D eigenvalue weighted by molar-refractivity contribution is 5.87. The van der Waals surface area contributed by atoms with Crippen LogP contribution in [0, 0.1) is 5.82 Å². The standard InChI is InChI=1S/C20H22FNO5/c1-2-27-18(12-19(23)22-26)17(14-7-9-16(21)10-8-14)11-13-3-5-15(6-4-13)20(24)25/h3-10,17-18,26H,2,11-12H2,1H3,(H,22,23)(H,24,25)/t17-,18-/m1/s1. The highest BCUT2D eigenvalue weighted by Gasteiger charge is 2.27. The molecule has 2 atom stereocenters. The molecule has 0 fully saturated rings. The van der Waals surface area contributed by atoms with Crippen molar-refractivity contribution in [1.29, 1.82) is 0 Å². The Labute approximate surface area is 156 Å². The molecule has 0 heterocycles. The molecule has 1 amide bonds. The van der Waals surface area contributed by atoms with E-state index >= 15 is 0 Å². The highest BCUT2D eigenvalue weighted by Crippen LogP contribution is 2.29. The normalized spacial score (nSPS) is 13.0. The lowest BCUT2D eigenvalue weighted by Crippen LogP contribution is -2.31. The lowest BCUT2D eigenvalue weighted by molar-refractivity contribution is -0.132. The minimum atomic E-state index is -1.01. The van der Waals surface area contributed by atoms with Gasteiger partial charge in [-0.05, 0) is 48.7 Å². The smallest absolute Gasteiger partial charge is 0.335 e. The van der Waals surface area contributed by atoms with E-state index in [2.05, 4.69) is 0 Å². The number of ether oxygens (including phenoxy) is 1. The third kappa shape index (κ3) is 5.87. The first-order chi connectivity index (χ1) is 12.9. The molecular weight excluding hydrogens is 353 g/mol. The van der Waals surface area contributed by atoms with Crippen LogP contribution in [0.4, 0.5) is 4.39 Å². The van der Waals surface area contributed by atoms with Crippen LogP contribution in [0.1, 0.15) is 40.7 Å². The first-order valence-corrected chi connectivity index (χ1v) is 8.56. The number of halogens is 1. The minimum absolute atomic E-state index is 0.0698. The second kappa shape index (κ2) is 9.80. The van der Waals surface area contributed by atoms with Crippen molar-refractivity contribution in [1.82, 2.24) is 5.48 Å². The zero-order chi connectivity index (χ0) is 19.8. The summed E-state index contributed by atoms with van der Waals surface area (Å²) in [6, 6.07) is 12.4. The predicted molar refractivity (Wildman–Crippen MR) is 96.2 cm³/mol. The average Bonchev–Trinajstić information content (AvgIpc) is 2.67. The number of amides is 1. The maximum absolute atomic E-state index is 13.3. The summed E-state index contributed by atoms with van der Waals surface area (Å²) in [5.74, 6) is -2.26. The number of nitrogens with one attached hydrogen (secondary N) is 1. The number of hydrogen-bond donors (Lipinski definition) is 3. The van der Waals surface area contributed by atoms with Crippen molar-refractivity contribution in [3.63, 3.8) is 0 Å². The number of carbonyl (C=O) groups excluding carboxylic acids is 1. The van der Waals surface area contributed by atoms with Gasteiger partial charge in [0.15, 0.2) is 0 Å². The Bertz CT molecular complexity index is 761. The van der Waals surface area contributed by atoms with Gasteiger partial charge in [-0.1, -0.05) is 24.3 Å². The zero-order valence-electron chi connectivity index (χ0n) is 14.9. The molecule has 7 heteroatoms. The lowest BCUT2D eigenvalue weighted by Gasteiger charge is -2.27. The van der Waals surface area contributed by atoms with Crippen LogP contribution in [-0.4, -0.2) is 34.9 Å². The average molecular weight is 375 g/mol. The van der Waals surface area contributed by atoms with Crippen molar-refractivity contribution in [3.05, 3.63) is 71.0 Å². The molecule has 0 spiro atoms. The second-order valence-corrected chi connectivity index (χ2v) is 6.10. The van der Waals surface area contributed by atoms with Crippen LogP contribution >= 0.6 is 0 Å². The number of hydrogen-bond acceptors (Lipinski definition) is 4. The first-order valence-electron chi connectivity index (χ1n) is 8.56. The molecule has 3 N–H and O–H groups in total. The maximum atomic E-state index is 13.3. The zero-order valence-corrected chi connectivity index (χ0v) is 14.9. The maximum Gasteiger partial charge on any atom is 0.335 e. The van der Waals surface area contributed by atoms with Gasteiger partial charge in [-0.2, -0.15) is 0 Å². The monoisotopic (exact) mass is 375 g/mol. The quantitative estimate of drug-likeness (QED) is 0.462. The molecule has 0 aliphatic carbocycles. The van der Waals surface area contributed by atoms with Crippen LogP contribution in [0.15, 0.2) is 48.5 Å². The van der Waals surface area contributed by atoms with Crippen LogP contribution < -0.4 is 5.48 Å². The van der Waals surface area contributed by atoms with Crippen LogP contribution in [0.5, 0.6) is 0 Å². The van der Waals surface area contributed by atoms with Crippen molar-refractivity contribution >= 4 is 11.9 Å². The molecule has 0 radical (unpaired) electrons. The molecule has 2 aromatic carbocycles. The van der Waals surface area contributed by atoms with E-state index in [0.29, 0.717) is 13.0 Å². The molecule has 0 aromatic heterocycles. The molecule has 27 heavy (non-hydrogen) atoms. The van der Waals surface area contributed by atoms with Gasteiger partial charge in [-0.25, -0.2) is 14.7 Å². The van der Waals surface area contributed by atoms with Gasteiger partial charge in [0.2, 0.25) is 5.91 Å². The molecule has 2 aromatic rings. The molecule has 0 aliphatic rings.